The minimum Gasteiger partial charge on any atom is -0.493 e. The predicted molar refractivity (Wildman–Crippen MR) is 126 cm³/mol. The smallest absolute Gasteiger partial charge is 0.260 e. The zero-order valence-corrected chi connectivity index (χ0v) is 19.5. The van der Waals surface area contributed by atoms with E-state index in [4.69, 9.17) is 15.2 Å². The molecule has 0 aromatic heterocycles. The van der Waals surface area contributed by atoms with E-state index in [0.717, 1.165) is 10.8 Å². The first-order valence-electron chi connectivity index (χ1n) is 10.7. The normalized spacial score (nSPS) is 14.7. The Balaban J connectivity index is 1.40. The zero-order chi connectivity index (χ0) is 24.3. The van der Waals surface area contributed by atoms with Gasteiger partial charge in [0.15, 0.2) is 18.1 Å². The molecule has 34 heavy (non-hydrogen) atoms. The van der Waals surface area contributed by atoms with Crippen molar-refractivity contribution in [2.45, 2.75) is 4.90 Å². The topological polar surface area (TPSA) is 119 Å². The number of carbonyl (C=O) groups is 2. The van der Waals surface area contributed by atoms with Crippen molar-refractivity contribution in [3.05, 3.63) is 66.2 Å². The predicted octanol–water partition coefficient (Wildman–Crippen LogP) is 1.86. The monoisotopic (exact) mass is 483 g/mol. The van der Waals surface area contributed by atoms with E-state index in [2.05, 4.69) is 0 Å². The Morgan fingerprint density at radius 2 is 1.65 bits per heavy atom. The molecule has 3 aromatic rings. The molecule has 0 unspecified atom stereocenters. The Labute approximate surface area is 197 Å². The van der Waals surface area contributed by atoms with Crippen LogP contribution < -0.4 is 15.2 Å². The number of amides is 2. The van der Waals surface area contributed by atoms with Crippen LogP contribution in [0.2, 0.25) is 0 Å². The molecule has 1 fully saturated rings. The molecule has 0 radical (unpaired) electrons. The van der Waals surface area contributed by atoms with E-state index in [1.165, 1.54) is 22.4 Å². The average molecular weight is 484 g/mol. The number of piperazine rings is 1. The van der Waals surface area contributed by atoms with Gasteiger partial charge < -0.3 is 20.1 Å². The fraction of sp³-hybridized carbons (Fsp3) is 0.250. The summed E-state index contributed by atoms with van der Waals surface area (Å²) in [5.41, 5.74) is 5.50. The molecular formula is C24H25N3O6S. The van der Waals surface area contributed by atoms with Gasteiger partial charge in [-0.05, 0) is 35.0 Å². The molecule has 1 heterocycles. The second-order valence-corrected chi connectivity index (χ2v) is 9.72. The highest BCUT2D eigenvalue weighted by Gasteiger charge is 2.30. The number of methoxy groups -OCH3 is 1. The van der Waals surface area contributed by atoms with Crippen molar-refractivity contribution < 1.29 is 27.5 Å². The Morgan fingerprint density at radius 3 is 2.32 bits per heavy atom. The van der Waals surface area contributed by atoms with Crippen molar-refractivity contribution in [1.29, 1.82) is 0 Å². The van der Waals surface area contributed by atoms with Gasteiger partial charge in [-0.15, -0.1) is 0 Å². The number of benzene rings is 3. The number of hydrogen-bond acceptors (Lipinski definition) is 6. The Bertz CT molecular complexity index is 1330. The number of hydrogen-bond donors (Lipinski definition) is 1. The molecule has 178 valence electrons. The molecule has 10 heteroatoms. The minimum atomic E-state index is -3.69. The highest BCUT2D eigenvalue weighted by atomic mass is 32.2. The number of nitrogens with zero attached hydrogens (tertiary/aromatic N) is 2. The van der Waals surface area contributed by atoms with E-state index in [1.54, 1.807) is 30.3 Å². The molecule has 2 N–H and O–H groups in total. The van der Waals surface area contributed by atoms with Crippen LogP contribution in [-0.2, 0) is 14.8 Å². The summed E-state index contributed by atoms with van der Waals surface area (Å²) >= 11 is 0. The molecule has 0 atom stereocenters. The summed E-state index contributed by atoms with van der Waals surface area (Å²) < 4.78 is 38.4. The summed E-state index contributed by atoms with van der Waals surface area (Å²) in [5, 5.41) is 1.81. The third kappa shape index (κ3) is 4.68. The summed E-state index contributed by atoms with van der Waals surface area (Å²) in [5.74, 6) is -0.642. The maximum absolute atomic E-state index is 13.1. The van der Waals surface area contributed by atoms with E-state index < -0.39 is 15.9 Å². The third-order valence-electron chi connectivity index (χ3n) is 5.75. The molecule has 2 amide bonds. The van der Waals surface area contributed by atoms with Gasteiger partial charge in [0.05, 0.1) is 17.6 Å². The summed E-state index contributed by atoms with van der Waals surface area (Å²) in [6, 6.07) is 17.3. The van der Waals surface area contributed by atoms with Crippen molar-refractivity contribution in [3.63, 3.8) is 0 Å². The van der Waals surface area contributed by atoms with Crippen LogP contribution in [0, 0.1) is 0 Å². The number of fused-ring (bicyclic) bond motifs is 1. The zero-order valence-electron chi connectivity index (χ0n) is 18.6. The van der Waals surface area contributed by atoms with Gasteiger partial charge in [-0.3, -0.25) is 9.59 Å². The summed E-state index contributed by atoms with van der Waals surface area (Å²) in [4.78, 5) is 26.1. The highest BCUT2D eigenvalue weighted by molar-refractivity contribution is 7.89. The maximum atomic E-state index is 13.1. The number of para-hydroxylation sites is 1. The number of ether oxygens (including phenoxy) is 2. The standard InChI is InChI=1S/C24H25N3O6S/c1-32-21-8-4-7-20(24(25)29)23(21)33-16-22(28)26-11-13-27(14-12-26)34(30,31)19-10-9-17-5-2-3-6-18(17)15-19/h2-10,15H,11-14,16H2,1H3,(H2,25,29). The molecule has 0 spiro atoms. The lowest BCUT2D eigenvalue weighted by Gasteiger charge is -2.34. The van der Waals surface area contributed by atoms with E-state index in [9.17, 15) is 18.0 Å². The number of nitrogens with two attached hydrogens (primary N) is 1. The van der Waals surface area contributed by atoms with Gasteiger partial charge in [0.25, 0.3) is 11.8 Å². The van der Waals surface area contributed by atoms with Crippen LogP contribution in [0.5, 0.6) is 11.5 Å². The van der Waals surface area contributed by atoms with E-state index in [0.29, 0.717) is 0 Å². The number of carbonyl (C=O) groups excluding carboxylic acids is 2. The molecule has 4 rings (SSSR count). The molecule has 3 aromatic carbocycles. The summed E-state index contributed by atoms with van der Waals surface area (Å²) in [7, 11) is -2.27. The summed E-state index contributed by atoms with van der Waals surface area (Å²) in [6.07, 6.45) is 0. The van der Waals surface area contributed by atoms with Gasteiger partial charge in [0, 0.05) is 26.2 Å². The Hall–Kier alpha value is -3.63. The lowest BCUT2D eigenvalue weighted by atomic mass is 10.1. The maximum Gasteiger partial charge on any atom is 0.260 e. The van der Waals surface area contributed by atoms with Crippen LogP contribution in [0.3, 0.4) is 0 Å². The SMILES string of the molecule is COc1cccc(C(N)=O)c1OCC(=O)N1CCN(S(=O)(=O)c2ccc3ccccc3c2)CC1. The van der Waals surface area contributed by atoms with E-state index in [1.807, 2.05) is 24.3 Å². The van der Waals surface area contributed by atoms with E-state index >= 15 is 0 Å². The average Bonchev–Trinajstić information content (AvgIpc) is 2.86. The Morgan fingerprint density at radius 1 is 0.941 bits per heavy atom. The van der Waals surface area contributed by atoms with Gasteiger partial charge >= 0.3 is 0 Å². The van der Waals surface area contributed by atoms with Crippen LogP contribution in [0.1, 0.15) is 10.4 Å². The second-order valence-electron chi connectivity index (χ2n) is 7.78. The van der Waals surface area contributed by atoms with Crippen molar-refractivity contribution in [3.8, 4) is 11.5 Å². The van der Waals surface area contributed by atoms with Gasteiger partial charge in [-0.2, -0.15) is 4.31 Å². The van der Waals surface area contributed by atoms with Crippen LogP contribution in [0.4, 0.5) is 0 Å². The molecule has 1 aliphatic heterocycles. The van der Waals surface area contributed by atoms with Crippen LogP contribution in [-0.4, -0.2) is 69.3 Å². The molecule has 9 nitrogen and oxygen atoms in total. The minimum absolute atomic E-state index is 0.100. The fourth-order valence-corrected chi connectivity index (χ4v) is 5.36. The first kappa shape index (κ1) is 23.5. The first-order valence-corrected chi connectivity index (χ1v) is 12.1. The quantitative estimate of drug-likeness (QED) is 0.548. The van der Waals surface area contributed by atoms with Crippen LogP contribution in [0.15, 0.2) is 65.6 Å². The number of rotatable bonds is 7. The lowest BCUT2D eigenvalue weighted by molar-refractivity contribution is -0.134. The van der Waals surface area contributed by atoms with Crippen molar-refractivity contribution in [1.82, 2.24) is 9.21 Å². The second kappa shape index (κ2) is 9.70. The van der Waals surface area contributed by atoms with E-state index in [-0.39, 0.29) is 60.7 Å². The molecule has 1 aliphatic rings. The largest absolute Gasteiger partial charge is 0.493 e. The lowest BCUT2D eigenvalue weighted by Crippen LogP contribution is -2.51. The molecule has 1 saturated heterocycles. The first-order chi connectivity index (χ1) is 16.3. The molecule has 0 bridgehead atoms. The van der Waals surface area contributed by atoms with Gasteiger partial charge in [0.1, 0.15) is 0 Å². The third-order valence-corrected chi connectivity index (χ3v) is 7.65. The van der Waals surface area contributed by atoms with Crippen molar-refractivity contribution >= 4 is 32.6 Å². The molecular weight excluding hydrogens is 458 g/mol. The van der Waals surface area contributed by atoms with Crippen molar-refractivity contribution in [2.75, 3.05) is 39.9 Å². The Kier molecular flexibility index (Phi) is 6.71. The molecule has 0 saturated carbocycles. The van der Waals surface area contributed by atoms with Gasteiger partial charge in [-0.1, -0.05) is 36.4 Å². The highest BCUT2D eigenvalue weighted by Crippen LogP contribution is 2.31. The fourth-order valence-electron chi connectivity index (χ4n) is 3.90. The van der Waals surface area contributed by atoms with Crippen LogP contribution in [0.25, 0.3) is 10.8 Å². The number of sulfonamides is 1. The van der Waals surface area contributed by atoms with Gasteiger partial charge in [0.2, 0.25) is 10.0 Å². The van der Waals surface area contributed by atoms with Crippen molar-refractivity contribution in [2.24, 2.45) is 5.73 Å². The number of primary amides is 1. The molecule has 0 aliphatic carbocycles. The van der Waals surface area contributed by atoms with Gasteiger partial charge in [-0.25, -0.2) is 8.42 Å². The van der Waals surface area contributed by atoms with Crippen LogP contribution >= 0.6 is 0 Å². The summed E-state index contributed by atoms with van der Waals surface area (Å²) in [6.45, 7) is 0.454.